The number of ether oxygens (including phenoxy) is 2. The Labute approximate surface area is 346 Å². The summed E-state index contributed by atoms with van der Waals surface area (Å²) in [4.78, 5) is 37.5. The fourth-order valence-electron chi connectivity index (χ4n) is 6.59. The van der Waals surface area contributed by atoms with Gasteiger partial charge in [0.05, 0.1) is 27.7 Å². The van der Waals surface area contributed by atoms with Crippen LogP contribution in [-0.2, 0) is 32.7 Å². The zero-order valence-electron chi connectivity index (χ0n) is 37.3. The molecule has 0 aliphatic carbocycles. The number of allylic oxidation sites excluding steroid dienone is 2. The number of unbranched alkanes of at least 4 members (excludes halogenated alkanes) is 27. The number of phosphoric acid groups is 1. The molecule has 0 saturated carbocycles. The van der Waals surface area contributed by atoms with Crippen LogP contribution in [0, 0.1) is 0 Å². The van der Waals surface area contributed by atoms with Gasteiger partial charge in [-0.25, -0.2) is 0 Å². The van der Waals surface area contributed by atoms with Gasteiger partial charge < -0.3 is 27.9 Å². The molecule has 1 unspecified atom stereocenters. The summed E-state index contributed by atoms with van der Waals surface area (Å²) in [5, 5.41) is 0. The summed E-state index contributed by atoms with van der Waals surface area (Å²) in [6.45, 7) is 4.24. The highest BCUT2D eigenvalue weighted by molar-refractivity contribution is 7.45. The summed E-state index contributed by atoms with van der Waals surface area (Å²) >= 11 is 0. The minimum Gasteiger partial charge on any atom is -0.756 e. The molecule has 0 aromatic rings. The van der Waals surface area contributed by atoms with Gasteiger partial charge in [0.25, 0.3) is 7.82 Å². The molecule has 9 nitrogen and oxygen atoms in total. The molecule has 0 heterocycles. The molecule has 56 heavy (non-hydrogen) atoms. The van der Waals surface area contributed by atoms with Crippen LogP contribution in [0.3, 0.4) is 0 Å². The molecule has 2 atom stereocenters. The molecule has 0 spiro atoms. The molecule has 10 heteroatoms. The third-order valence-electron chi connectivity index (χ3n) is 10.3. The lowest BCUT2D eigenvalue weighted by molar-refractivity contribution is -0.870. The van der Waals surface area contributed by atoms with Gasteiger partial charge in [-0.15, -0.1) is 0 Å². The van der Waals surface area contributed by atoms with Gasteiger partial charge in [0.15, 0.2) is 6.10 Å². The lowest BCUT2D eigenvalue weighted by atomic mass is 10.0. The number of hydrogen-bond acceptors (Lipinski definition) is 8. The number of hydrogen-bond donors (Lipinski definition) is 0. The van der Waals surface area contributed by atoms with Gasteiger partial charge in [-0.3, -0.25) is 14.2 Å². The van der Waals surface area contributed by atoms with E-state index in [9.17, 15) is 19.0 Å². The van der Waals surface area contributed by atoms with Gasteiger partial charge in [0.1, 0.15) is 19.8 Å². The Morgan fingerprint density at radius 3 is 1.32 bits per heavy atom. The third kappa shape index (κ3) is 42.4. The van der Waals surface area contributed by atoms with Crippen LogP contribution >= 0.6 is 7.82 Å². The van der Waals surface area contributed by atoms with Gasteiger partial charge in [0, 0.05) is 12.8 Å². The largest absolute Gasteiger partial charge is 0.756 e. The fraction of sp³-hybridized carbons (Fsp3) is 0.913. The Morgan fingerprint density at radius 1 is 0.536 bits per heavy atom. The van der Waals surface area contributed by atoms with Crippen molar-refractivity contribution in [3.8, 4) is 0 Å². The van der Waals surface area contributed by atoms with Gasteiger partial charge >= 0.3 is 11.9 Å². The van der Waals surface area contributed by atoms with Crippen LogP contribution in [0.1, 0.15) is 219 Å². The lowest BCUT2D eigenvalue weighted by Gasteiger charge is -2.28. The normalized spacial score (nSPS) is 13.6. The Balaban J connectivity index is 4.23. The molecular weight excluding hydrogens is 725 g/mol. The molecular formula is C46H90NO8P. The van der Waals surface area contributed by atoms with E-state index in [-0.39, 0.29) is 32.0 Å². The Kier molecular flexibility index (Phi) is 38.3. The maximum atomic E-state index is 12.7. The zero-order valence-corrected chi connectivity index (χ0v) is 38.2. The average Bonchev–Trinajstić information content (AvgIpc) is 3.15. The van der Waals surface area contributed by atoms with Crippen molar-refractivity contribution >= 4 is 19.8 Å². The number of nitrogens with zero attached hydrogens (tertiary/aromatic N) is 1. The van der Waals surface area contributed by atoms with E-state index in [1.807, 2.05) is 21.1 Å². The van der Waals surface area contributed by atoms with E-state index in [1.54, 1.807) is 0 Å². The van der Waals surface area contributed by atoms with E-state index in [2.05, 4.69) is 26.0 Å². The number of quaternary nitrogens is 1. The molecule has 0 rings (SSSR count). The van der Waals surface area contributed by atoms with E-state index < -0.39 is 26.5 Å². The first kappa shape index (κ1) is 54.8. The predicted octanol–water partition coefficient (Wildman–Crippen LogP) is 12.7. The number of rotatable bonds is 43. The molecule has 0 amide bonds. The highest BCUT2D eigenvalue weighted by Crippen LogP contribution is 2.38. The molecule has 0 aliphatic heterocycles. The standard InChI is InChI=1S/C46H90NO8P/c1-6-8-10-12-14-16-18-19-20-21-22-23-24-25-26-27-29-31-33-35-37-39-46(49)55-44(43-54-56(50,51)53-41-40-47(3,4)5)42-52-45(48)38-36-34-32-30-28-17-15-13-11-9-7-2/h19-20,44H,6-18,21-43H2,1-5H3/b20-19-/t44-/m1/s1. The average molecular weight is 816 g/mol. The van der Waals surface area contributed by atoms with Crippen molar-refractivity contribution in [3.05, 3.63) is 12.2 Å². The second kappa shape index (κ2) is 39.2. The second-order valence-corrected chi connectivity index (χ2v) is 18.5. The number of likely N-dealkylation sites (N-methyl/N-ethyl adjacent to an activating group) is 1. The van der Waals surface area contributed by atoms with Crippen molar-refractivity contribution in [2.24, 2.45) is 0 Å². The molecule has 0 bridgehead atoms. The fourth-order valence-corrected chi connectivity index (χ4v) is 7.32. The zero-order chi connectivity index (χ0) is 41.4. The monoisotopic (exact) mass is 816 g/mol. The van der Waals surface area contributed by atoms with Crippen LogP contribution in [0.15, 0.2) is 12.2 Å². The molecule has 0 saturated heterocycles. The quantitative estimate of drug-likeness (QED) is 0.0197. The molecule has 0 radical (unpaired) electrons. The van der Waals surface area contributed by atoms with Gasteiger partial charge in [-0.2, -0.15) is 0 Å². The molecule has 332 valence electrons. The van der Waals surface area contributed by atoms with Crippen LogP contribution in [0.4, 0.5) is 0 Å². The first-order chi connectivity index (χ1) is 27.0. The van der Waals surface area contributed by atoms with Crippen molar-refractivity contribution in [2.45, 2.75) is 225 Å². The van der Waals surface area contributed by atoms with E-state index in [4.69, 9.17) is 18.5 Å². The van der Waals surface area contributed by atoms with Crippen molar-refractivity contribution in [1.29, 1.82) is 0 Å². The van der Waals surface area contributed by atoms with Gasteiger partial charge in [-0.05, 0) is 38.5 Å². The van der Waals surface area contributed by atoms with Crippen LogP contribution < -0.4 is 4.89 Å². The lowest BCUT2D eigenvalue weighted by Crippen LogP contribution is -2.37. The summed E-state index contributed by atoms with van der Waals surface area (Å²) in [5.41, 5.74) is 0. The maximum absolute atomic E-state index is 12.7. The van der Waals surface area contributed by atoms with Crippen molar-refractivity contribution in [1.82, 2.24) is 0 Å². The molecule has 0 aliphatic rings. The molecule has 0 aromatic carbocycles. The van der Waals surface area contributed by atoms with Crippen LogP contribution in [0.2, 0.25) is 0 Å². The van der Waals surface area contributed by atoms with Crippen molar-refractivity contribution < 1.29 is 42.1 Å². The first-order valence-corrected chi connectivity index (χ1v) is 24.9. The number of phosphoric ester groups is 1. The molecule has 0 N–H and O–H groups in total. The Morgan fingerprint density at radius 2 is 0.911 bits per heavy atom. The summed E-state index contributed by atoms with van der Waals surface area (Å²) in [5.74, 6) is -0.826. The van der Waals surface area contributed by atoms with Gasteiger partial charge in [0.2, 0.25) is 0 Å². The van der Waals surface area contributed by atoms with Crippen molar-refractivity contribution in [3.63, 3.8) is 0 Å². The Bertz CT molecular complexity index is 969. The maximum Gasteiger partial charge on any atom is 0.306 e. The molecule has 0 fully saturated rings. The second-order valence-electron chi connectivity index (χ2n) is 17.1. The van der Waals surface area contributed by atoms with E-state index >= 15 is 0 Å². The van der Waals surface area contributed by atoms with E-state index in [0.29, 0.717) is 17.4 Å². The summed E-state index contributed by atoms with van der Waals surface area (Å²) < 4.78 is 33.9. The summed E-state index contributed by atoms with van der Waals surface area (Å²) in [7, 11) is 1.18. The SMILES string of the molecule is CCCCCCCC/C=C\CCCCCCCCCCCCCC(=O)O[C@H](COC(=O)CCCCCCCCCCCCC)COP(=O)([O-])OCC[N+](C)(C)C. The topological polar surface area (TPSA) is 111 Å². The predicted molar refractivity (Wildman–Crippen MR) is 231 cm³/mol. The highest BCUT2D eigenvalue weighted by Gasteiger charge is 2.21. The highest BCUT2D eigenvalue weighted by atomic mass is 31.2. The Hall–Kier alpha value is -1.25. The third-order valence-corrected chi connectivity index (χ3v) is 11.2. The first-order valence-electron chi connectivity index (χ1n) is 23.4. The van der Waals surface area contributed by atoms with Crippen molar-refractivity contribution in [2.75, 3.05) is 47.5 Å². The molecule has 0 aromatic heterocycles. The van der Waals surface area contributed by atoms with E-state index in [1.165, 1.54) is 148 Å². The van der Waals surface area contributed by atoms with Crippen LogP contribution in [0.5, 0.6) is 0 Å². The van der Waals surface area contributed by atoms with E-state index in [0.717, 1.165) is 38.5 Å². The van der Waals surface area contributed by atoms with Crippen LogP contribution in [-0.4, -0.2) is 70.0 Å². The number of esters is 2. The number of carbonyl (C=O) groups excluding carboxylic acids is 2. The minimum atomic E-state index is -4.62. The van der Waals surface area contributed by atoms with Gasteiger partial charge in [-0.1, -0.05) is 180 Å². The summed E-state index contributed by atoms with van der Waals surface area (Å²) in [6.07, 6.45) is 41.0. The summed E-state index contributed by atoms with van der Waals surface area (Å²) in [6, 6.07) is 0. The number of carbonyl (C=O) groups is 2. The smallest absolute Gasteiger partial charge is 0.306 e. The minimum absolute atomic E-state index is 0.0276. The van der Waals surface area contributed by atoms with Crippen LogP contribution in [0.25, 0.3) is 0 Å².